The lowest BCUT2D eigenvalue weighted by Crippen LogP contribution is -2.28. The van der Waals surface area contributed by atoms with E-state index in [0.717, 1.165) is 13.1 Å². The molecule has 0 saturated carbocycles. The monoisotopic (exact) mass is 145 g/mol. The molecule has 0 aliphatic carbocycles. The van der Waals surface area contributed by atoms with E-state index >= 15 is 0 Å². The molecule has 1 N–H and O–H groups in total. The van der Waals surface area contributed by atoms with Gasteiger partial charge in [-0.05, 0) is 13.1 Å². The van der Waals surface area contributed by atoms with Crippen molar-refractivity contribution < 1.29 is 9.84 Å². The van der Waals surface area contributed by atoms with Crippen LogP contribution in [0.2, 0.25) is 0 Å². The molecule has 0 amide bonds. The number of aliphatic hydroxyl groups excluding tert-OH is 1. The Morgan fingerprint density at radius 3 is 2.30 bits per heavy atom. The zero-order valence-electron chi connectivity index (χ0n) is 6.58. The molecule has 0 aromatic heterocycles. The first-order valence-electron chi connectivity index (χ1n) is 3.83. The largest absolute Gasteiger partial charge is 0.394 e. The number of rotatable bonds is 4. The molecule has 0 radical (unpaired) electrons. The fourth-order valence-corrected chi connectivity index (χ4v) is 1.17. The summed E-state index contributed by atoms with van der Waals surface area (Å²) in [5.74, 6) is 0. The standard InChI is InChI=1S/C7H15NO2/c1-3-8(4-2)7-6(5-9)10-7/h6-7,9H,3-5H2,1-2H3. The van der Waals surface area contributed by atoms with Gasteiger partial charge in [0.05, 0.1) is 6.61 Å². The first-order valence-corrected chi connectivity index (χ1v) is 3.83. The van der Waals surface area contributed by atoms with Crippen molar-refractivity contribution in [2.45, 2.75) is 26.2 Å². The maximum Gasteiger partial charge on any atom is 0.140 e. The van der Waals surface area contributed by atoms with Crippen LogP contribution < -0.4 is 0 Å². The highest BCUT2D eigenvalue weighted by molar-refractivity contribution is 4.83. The van der Waals surface area contributed by atoms with Crippen molar-refractivity contribution in [3.8, 4) is 0 Å². The van der Waals surface area contributed by atoms with E-state index < -0.39 is 0 Å². The lowest BCUT2D eigenvalue weighted by Gasteiger charge is -2.14. The average Bonchev–Trinajstić information content (AvgIpc) is 2.70. The fourth-order valence-electron chi connectivity index (χ4n) is 1.17. The summed E-state index contributed by atoms with van der Waals surface area (Å²) < 4.78 is 5.19. The summed E-state index contributed by atoms with van der Waals surface area (Å²) >= 11 is 0. The first-order chi connectivity index (χ1) is 4.83. The molecule has 2 unspecified atom stereocenters. The summed E-state index contributed by atoms with van der Waals surface area (Å²) in [6.07, 6.45) is 0.278. The second-order valence-corrected chi connectivity index (χ2v) is 2.47. The third-order valence-electron chi connectivity index (χ3n) is 1.91. The van der Waals surface area contributed by atoms with Gasteiger partial charge in [-0.15, -0.1) is 0 Å². The van der Waals surface area contributed by atoms with Crippen molar-refractivity contribution in [1.29, 1.82) is 0 Å². The molecule has 60 valence electrons. The summed E-state index contributed by atoms with van der Waals surface area (Å²) in [7, 11) is 0. The first kappa shape index (κ1) is 7.98. The van der Waals surface area contributed by atoms with Crippen molar-refractivity contribution in [3.63, 3.8) is 0 Å². The quantitative estimate of drug-likeness (QED) is 0.568. The van der Waals surface area contributed by atoms with Crippen LogP contribution in [0.1, 0.15) is 13.8 Å². The Hall–Kier alpha value is -0.120. The summed E-state index contributed by atoms with van der Waals surface area (Å²) in [6.45, 7) is 6.34. The highest BCUT2D eigenvalue weighted by Crippen LogP contribution is 2.24. The van der Waals surface area contributed by atoms with Crippen molar-refractivity contribution in [1.82, 2.24) is 4.90 Å². The predicted octanol–water partition coefficient (Wildman–Crippen LogP) is 0.0454. The number of aliphatic hydroxyl groups is 1. The van der Waals surface area contributed by atoms with Crippen LogP contribution in [-0.2, 0) is 4.74 Å². The normalized spacial score (nSPS) is 31.2. The smallest absolute Gasteiger partial charge is 0.140 e. The topological polar surface area (TPSA) is 36.0 Å². The lowest BCUT2D eigenvalue weighted by molar-refractivity contribution is 0.188. The molecule has 0 bridgehead atoms. The highest BCUT2D eigenvalue weighted by atomic mass is 16.6. The van der Waals surface area contributed by atoms with Crippen LogP contribution in [-0.4, -0.2) is 42.0 Å². The molecular weight excluding hydrogens is 130 g/mol. The molecule has 1 rings (SSSR count). The zero-order chi connectivity index (χ0) is 7.56. The van der Waals surface area contributed by atoms with Crippen LogP contribution in [0.15, 0.2) is 0 Å². The van der Waals surface area contributed by atoms with Gasteiger partial charge in [0.25, 0.3) is 0 Å². The number of ether oxygens (including phenoxy) is 1. The van der Waals surface area contributed by atoms with Gasteiger partial charge in [-0.2, -0.15) is 0 Å². The van der Waals surface area contributed by atoms with E-state index in [1.807, 2.05) is 0 Å². The minimum atomic E-state index is 0.0832. The number of likely N-dealkylation sites (N-methyl/N-ethyl adjacent to an activating group) is 1. The van der Waals surface area contributed by atoms with Crippen LogP contribution >= 0.6 is 0 Å². The van der Waals surface area contributed by atoms with E-state index in [1.165, 1.54) is 0 Å². The second kappa shape index (κ2) is 3.32. The SMILES string of the molecule is CCN(CC)C1OC1CO. The van der Waals surface area contributed by atoms with Crippen molar-refractivity contribution in [2.24, 2.45) is 0 Å². The minimum Gasteiger partial charge on any atom is -0.394 e. The van der Waals surface area contributed by atoms with Gasteiger partial charge in [-0.1, -0.05) is 13.8 Å². The maximum absolute atomic E-state index is 8.66. The van der Waals surface area contributed by atoms with Gasteiger partial charge in [0.1, 0.15) is 12.3 Å². The molecule has 1 saturated heterocycles. The van der Waals surface area contributed by atoms with E-state index in [0.29, 0.717) is 0 Å². The van der Waals surface area contributed by atoms with E-state index in [9.17, 15) is 0 Å². The molecule has 1 fully saturated rings. The summed E-state index contributed by atoms with van der Waals surface area (Å²) in [4.78, 5) is 2.20. The fraction of sp³-hybridized carbons (Fsp3) is 1.00. The molecule has 3 nitrogen and oxygen atoms in total. The van der Waals surface area contributed by atoms with Gasteiger partial charge >= 0.3 is 0 Å². The second-order valence-electron chi connectivity index (χ2n) is 2.47. The molecule has 0 aromatic rings. The Labute approximate surface area is 61.6 Å². The van der Waals surface area contributed by atoms with Crippen molar-refractivity contribution in [3.05, 3.63) is 0 Å². The molecule has 1 heterocycles. The Kier molecular flexibility index (Phi) is 2.65. The Morgan fingerprint density at radius 1 is 1.40 bits per heavy atom. The minimum absolute atomic E-state index is 0.0832. The Bertz CT molecular complexity index is 104. The van der Waals surface area contributed by atoms with E-state index in [-0.39, 0.29) is 18.9 Å². The van der Waals surface area contributed by atoms with Crippen molar-refractivity contribution in [2.75, 3.05) is 19.7 Å². The predicted molar refractivity (Wildman–Crippen MR) is 38.7 cm³/mol. The van der Waals surface area contributed by atoms with Gasteiger partial charge in [-0.25, -0.2) is 0 Å². The number of epoxide rings is 1. The Balaban J connectivity index is 2.22. The zero-order valence-corrected chi connectivity index (χ0v) is 6.58. The Morgan fingerprint density at radius 2 is 2.00 bits per heavy atom. The number of hydrogen-bond donors (Lipinski definition) is 1. The molecular formula is C7H15NO2. The van der Waals surface area contributed by atoms with Crippen LogP contribution in [0.4, 0.5) is 0 Å². The van der Waals surface area contributed by atoms with Crippen LogP contribution in [0.3, 0.4) is 0 Å². The van der Waals surface area contributed by atoms with Gasteiger partial charge < -0.3 is 9.84 Å². The molecule has 1 aliphatic heterocycles. The number of hydrogen-bond acceptors (Lipinski definition) is 3. The highest BCUT2D eigenvalue weighted by Gasteiger charge is 2.41. The lowest BCUT2D eigenvalue weighted by atomic mass is 10.4. The van der Waals surface area contributed by atoms with E-state index in [4.69, 9.17) is 9.84 Å². The van der Waals surface area contributed by atoms with Crippen LogP contribution in [0.5, 0.6) is 0 Å². The molecule has 1 aliphatic rings. The van der Waals surface area contributed by atoms with E-state index in [2.05, 4.69) is 18.7 Å². The summed E-state index contributed by atoms with van der Waals surface area (Å²) in [5.41, 5.74) is 0. The molecule has 0 aromatic carbocycles. The van der Waals surface area contributed by atoms with Gasteiger partial charge in [0, 0.05) is 0 Å². The average molecular weight is 145 g/mol. The summed E-state index contributed by atoms with van der Waals surface area (Å²) in [5, 5.41) is 8.66. The van der Waals surface area contributed by atoms with Crippen LogP contribution in [0, 0.1) is 0 Å². The molecule has 0 spiro atoms. The molecule has 2 atom stereocenters. The van der Waals surface area contributed by atoms with Crippen LogP contribution in [0.25, 0.3) is 0 Å². The van der Waals surface area contributed by atoms with Gasteiger partial charge in [0.15, 0.2) is 0 Å². The number of nitrogens with zero attached hydrogens (tertiary/aromatic N) is 1. The molecule has 3 heteroatoms. The third-order valence-corrected chi connectivity index (χ3v) is 1.91. The van der Waals surface area contributed by atoms with Crippen molar-refractivity contribution >= 4 is 0 Å². The summed E-state index contributed by atoms with van der Waals surface area (Å²) in [6, 6.07) is 0. The maximum atomic E-state index is 8.66. The van der Waals surface area contributed by atoms with Gasteiger partial charge in [-0.3, -0.25) is 4.90 Å². The molecule has 10 heavy (non-hydrogen) atoms. The third kappa shape index (κ3) is 1.48. The van der Waals surface area contributed by atoms with Gasteiger partial charge in [0.2, 0.25) is 0 Å². The van der Waals surface area contributed by atoms with E-state index in [1.54, 1.807) is 0 Å².